The van der Waals surface area contributed by atoms with Gasteiger partial charge in [-0.1, -0.05) is 13.8 Å². The highest BCUT2D eigenvalue weighted by Gasteiger charge is 2.36. The third-order valence-electron chi connectivity index (χ3n) is 4.79. The van der Waals surface area contributed by atoms with E-state index in [1.807, 2.05) is 27.1 Å². The highest BCUT2D eigenvalue weighted by atomic mass is 16.3. The molecule has 0 spiro atoms. The summed E-state index contributed by atoms with van der Waals surface area (Å²) in [7, 11) is 1.81. The molecule has 2 heterocycles. The van der Waals surface area contributed by atoms with Crippen LogP contribution in [-0.2, 0) is 7.05 Å². The molecule has 1 atom stereocenters. The van der Waals surface area contributed by atoms with E-state index >= 15 is 0 Å². The van der Waals surface area contributed by atoms with Crippen molar-refractivity contribution in [3.05, 3.63) is 51.7 Å². The molecule has 0 bridgehead atoms. The van der Waals surface area contributed by atoms with Crippen molar-refractivity contribution in [1.82, 2.24) is 20.1 Å². The van der Waals surface area contributed by atoms with Gasteiger partial charge in [-0.2, -0.15) is 5.10 Å². The number of pyridine rings is 1. The van der Waals surface area contributed by atoms with Crippen LogP contribution >= 0.6 is 0 Å². The second-order valence-electron chi connectivity index (χ2n) is 7.09. The smallest absolute Gasteiger partial charge is 0.261 e. The van der Waals surface area contributed by atoms with Gasteiger partial charge in [0.15, 0.2) is 0 Å². The van der Waals surface area contributed by atoms with Crippen molar-refractivity contribution in [2.24, 2.45) is 13.0 Å². The molecular weight excluding hydrogens is 320 g/mol. The van der Waals surface area contributed by atoms with Crippen LogP contribution in [0.2, 0.25) is 0 Å². The average molecular weight is 344 g/mol. The molecule has 0 saturated heterocycles. The number of hydrogen-bond donors (Lipinski definition) is 3. The van der Waals surface area contributed by atoms with Crippen LogP contribution in [0.4, 0.5) is 0 Å². The first-order valence-corrected chi connectivity index (χ1v) is 8.56. The number of aliphatic hydroxyl groups excluding tert-OH is 1. The summed E-state index contributed by atoms with van der Waals surface area (Å²) in [4.78, 5) is 27.6. The molecule has 3 rings (SSSR count). The number of carbonyl (C=O) groups excluding carboxylic acids is 1. The van der Waals surface area contributed by atoms with Crippen molar-refractivity contribution in [1.29, 1.82) is 0 Å². The topological polar surface area (TPSA) is 100 Å². The fourth-order valence-electron chi connectivity index (χ4n) is 3.20. The lowest BCUT2D eigenvalue weighted by Gasteiger charge is -2.37. The minimum atomic E-state index is -0.410. The standard InChI is InChI=1S/C18H24N4O3/c1-10(2)15-5-4-14(17(24)20-15)18(25)21-16(11-6-13(23)7-11)12-8-19-22(3)9-12/h4-5,8-11,13,16,23H,6-7H2,1-3H3,(H,20,24)(H,21,25). The molecule has 0 aromatic carbocycles. The van der Waals surface area contributed by atoms with Crippen LogP contribution in [0.15, 0.2) is 29.3 Å². The van der Waals surface area contributed by atoms with Gasteiger partial charge in [0.1, 0.15) is 5.56 Å². The predicted molar refractivity (Wildman–Crippen MR) is 93.3 cm³/mol. The zero-order chi connectivity index (χ0) is 18.1. The lowest BCUT2D eigenvalue weighted by atomic mass is 9.75. The van der Waals surface area contributed by atoms with Gasteiger partial charge in [-0.05, 0) is 36.8 Å². The van der Waals surface area contributed by atoms with Gasteiger partial charge in [0.2, 0.25) is 0 Å². The summed E-state index contributed by atoms with van der Waals surface area (Å²) >= 11 is 0. The molecule has 1 saturated carbocycles. The van der Waals surface area contributed by atoms with Crippen LogP contribution in [0.1, 0.15) is 60.3 Å². The van der Waals surface area contributed by atoms with Crippen molar-refractivity contribution in [3.8, 4) is 0 Å². The highest BCUT2D eigenvalue weighted by Crippen LogP contribution is 2.38. The molecule has 1 aliphatic rings. The Morgan fingerprint density at radius 3 is 2.64 bits per heavy atom. The maximum absolute atomic E-state index is 12.6. The monoisotopic (exact) mass is 344 g/mol. The molecule has 3 N–H and O–H groups in total. The number of nitrogens with one attached hydrogen (secondary N) is 2. The third kappa shape index (κ3) is 3.66. The van der Waals surface area contributed by atoms with Gasteiger partial charge in [0, 0.05) is 24.5 Å². The van der Waals surface area contributed by atoms with E-state index in [0.717, 1.165) is 11.3 Å². The largest absolute Gasteiger partial charge is 0.393 e. The number of H-pyrrole nitrogens is 1. The van der Waals surface area contributed by atoms with Gasteiger partial charge in [0.05, 0.1) is 18.3 Å². The van der Waals surface area contributed by atoms with Gasteiger partial charge in [0.25, 0.3) is 11.5 Å². The molecule has 1 aliphatic carbocycles. The molecule has 2 aromatic rings. The summed E-state index contributed by atoms with van der Waals surface area (Å²) in [5.41, 5.74) is 1.39. The molecule has 7 heteroatoms. The zero-order valence-electron chi connectivity index (χ0n) is 14.7. The second kappa shape index (κ2) is 6.84. The summed E-state index contributed by atoms with van der Waals surface area (Å²) in [6.07, 6.45) is 4.49. The number of aryl methyl sites for hydroxylation is 1. The normalized spacial score (nSPS) is 21.0. The molecule has 0 radical (unpaired) electrons. The van der Waals surface area contributed by atoms with Crippen molar-refractivity contribution in [2.75, 3.05) is 0 Å². The van der Waals surface area contributed by atoms with Crippen molar-refractivity contribution >= 4 is 5.91 Å². The lowest BCUT2D eigenvalue weighted by Crippen LogP contribution is -2.42. The van der Waals surface area contributed by atoms with Crippen LogP contribution in [-0.4, -0.2) is 31.9 Å². The maximum atomic E-state index is 12.6. The van der Waals surface area contributed by atoms with Crippen LogP contribution in [0.5, 0.6) is 0 Å². The maximum Gasteiger partial charge on any atom is 0.261 e. The van der Waals surface area contributed by atoms with E-state index in [4.69, 9.17) is 0 Å². The van der Waals surface area contributed by atoms with Crippen LogP contribution in [0, 0.1) is 5.92 Å². The van der Waals surface area contributed by atoms with Crippen molar-refractivity contribution in [3.63, 3.8) is 0 Å². The number of aliphatic hydroxyl groups is 1. The first-order valence-electron chi connectivity index (χ1n) is 8.56. The Balaban J connectivity index is 1.82. The summed E-state index contributed by atoms with van der Waals surface area (Å²) < 4.78 is 1.67. The summed E-state index contributed by atoms with van der Waals surface area (Å²) in [5, 5.41) is 16.7. The molecule has 0 aliphatic heterocycles. The van der Waals surface area contributed by atoms with Gasteiger partial charge < -0.3 is 15.4 Å². The van der Waals surface area contributed by atoms with E-state index in [2.05, 4.69) is 15.4 Å². The summed E-state index contributed by atoms with van der Waals surface area (Å²) in [5.74, 6) is -0.0895. The number of aromatic nitrogens is 3. The SMILES string of the molecule is CC(C)c1ccc(C(=O)NC(c2cnn(C)c2)C2CC(O)C2)c(=O)[nH]1. The van der Waals surface area contributed by atoms with Gasteiger partial charge in [-0.25, -0.2) is 0 Å². The number of hydrogen-bond acceptors (Lipinski definition) is 4. The van der Waals surface area contributed by atoms with E-state index < -0.39 is 5.91 Å². The molecule has 134 valence electrons. The quantitative estimate of drug-likeness (QED) is 0.765. The molecule has 7 nitrogen and oxygen atoms in total. The van der Waals surface area contributed by atoms with E-state index in [-0.39, 0.29) is 35.1 Å². The summed E-state index contributed by atoms with van der Waals surface area (Å²) in [6, 6.07) is 3.07. The van der Waals surface area contributed by atoms with E-state index in [1.165, 1.54) is 0 Å². The highest BCUT2D eigenvalue weighted by molar-refractivity contribution is 5.94. The third-order valence-corrected chi connectivity index (χ3v) is 4.79. The fraction of sp³-hybridized carbons (Fsp3) is 0.500. The first-order chi connectivity index (χ1) is 11.8. The first kappa shape index (κ1) is 17.4. The van der Waals surface area contributed by atoms with E-state index in [1.54, 1.807) is 23.0 Å². The van der Waals surface area contributed by atoms with E-state index in [9.17, 15) is 14.7 Å². The molecule has 1 fully saturated rings. The van der Waals surface area contributed by atoms with Crippen LogP contribution in [0.25, 0.3) is 0 Å². The minimum absolute atomic E-state index is 0.0955. The number of carbonyl (C=O) groups is 1. The molecule has 1 unspecified atom stereocenters. The minimum Gasteiger partial charge on any atom is -0.393 e. The molecule has 2 aromatic heterocycles. The Morgan fingerprint density at radius 2 is 2.12 bits per heavy atom. The Hall–Kier alpha value is -2.41. The number of aromatic amines is 1. The van der Waals surface area contributed by atoms with Gasteiger partial charge in [-0.3, -0.25) is 14.3 Å². The Bertz CT molecular complexity index is 818. The van der Waals surface area contributed by atoms with Crippen molar-refractivity contribution < 1.29 is 9.90 Å². The van der Waals surface area contributed by atoms with E-state index in [0.29, 0.717) is 12.8 Å². The number of amides is 1. The zero-order valence-corrected chi connectivity index (χ0v) is 14.7. The Morgan fingerprint density at radius 1 is 1.40 bits per heavy atom. The fourth-order valence-corrected chi connectivity index (χ4v) is 3.20. The Labute approximate surface area is 146 Å². The van der Waals surface area contributed by atoms with Crippen molar-refractivity contribution in [2.45, 2.75) is 44.8 Å². The van der Waals surface area contributed by atoms with Gasteiger partial charge >= 0.3 is 0 Å². The number of rotatable bonds is 5. The molecule has 1 amide bonds. The average Bonchev–Trinajstić information content (AvgIpc) is 2.95. The lowest BCUT2D eigenvalue weighted by molar-refractivity contribution is 0.0235. The molecular formula is C18H24N4O3. The number of nitrogens with zero attached hydrogens (tertiary/aromatic N) is 2. The van der Waals surface area contributed by atoms with Crippen LogP contribution < -0.4 is 10.9 Å². The summed E-state index contributed by atoms with van der Waals surface area (Å²) in [6.45, 7) is 3.96. The second-order valence-corrected chi connectivity index (χ2v) is 7.09. The van der Waals surface area contributed by atoms with Crippen LogP contribution in [0.3, 0.4) is 0 Å². The molecule has 25 heavy (non-hydrogen) atoms. The van der Waals surface area contributed by atoms with Gasteiger partial charge in [-0.15, -0.1) is 0 Å². The Kier molecular flexibility index (Phi) is 4.76. The predicted octanol–water partition coefficient (Wildman–Crippen LogP) is 1.47.